The molecule has 4 nitrogen and oxygen atoms in total. The second-order valence-corrected chi connectivity index (χ2v) is 4.67. The van der Waals surface area contributed by atoms with Gasteiger partial charge in [0.2, 0.25) is 5.91 Å². The van der Waals surface area contributed by atoms with Crippen molar-refractivity contribution in [1.82, 2.24) is 0 Å². The molecule has 0 spiro atoms. The maximum Gasteiger partial charge on any atom is 0.345 e. The van der Waals surface area contributed by atoms with Crippen molar-refractivity contribution in [1.29, 1.82) is 0 Å². The quantitative estimate of drug-likeness (QED) is 0.828. The number of hydrogen-bond donors (Lipinski definition) is 2. The zero-order chi connectivity index (χ0) is 10.8. The second kappa shape index (κ2) is 4.02. The number of thiophene rings is 1. The Morgan fingerprint density at radius 2 is 2.13 bits per heavy atom. The number of nitrogens with one attached hydrogen (secondary N) is 1. The molecular formula is C10H11NO3S. The zero-order valence-electron chi connectivity index (χ0n) is 8.03. The van der Waals surface area contributed by atoms with Gasteiger partial charge in [-0.15, -0.1) is 11.3 Å². The first-order chi connectivity index (χ1) is 7.16. The molecule has 0 aliphatic heterocycles. The summed E-state index contributed by atoms with van der Waals surface area (Å²) in [6.45, 7) is 0. The van der Waals surface area contributed by atoms with E-state index in [1.54, 1.807) is 6.07 Å². The van der Waals surface area contributed by atoms with Gasteiger partial charge in [0, 0.05) is 5.92 Å². The van der Waals surface area contributed by atoms with Crippen LogP contribution in [-0.4, -0.2) is 17.0 Å². The number of carboxylic acid groups (broad SMARTS) is 1. The highest BCUT2D eigenvalue weighted by Crippen LogP contribution is 2.29. The van der Waals surface area contributed by atoms with Gasteiger partial charge in [-0.1, -0.05) is 6.42 Å². The average molecular weight is 225 g/mol. The van der Waals surface area contributed by atoms with Crippen LogP contribution in [0.2, 0.25) is 0 Å². The van der Waals surface area contributed by atoms with Crippen molar-refractivity contribution in [2.24, 2.45) is 5.92 Å². The lowest BCUT2D eigenvalue weighted by atomic mass is 9.85. The Bertz CT molecular complexity index is 395. The molecule has 15 heavy (non-hydrogen) atoms. The molecule has 1 aliphatic carbocycles. The molecule has 2 N–H and O–H groups in total. The zero-order valence-corrected chi connectivity index (χ0v) is 8.84. The van der Waals surface area contributed by atoms with E-state index in [1.165, 1.54) is 6.07 Å². The number of carbonyl (C=O) groups excluding carboxylic acids is 1. The molecule has 80 valence electrons. The van der Waals surface area contributed by atoms with E-state index in [1.807, 2.05) is 0 Å². The Morgan fingerprint density at radius 3 is 2.60 bits per heavy atom. The van der Waals surface area contributed by atoms with Crippen LogP contribution in [-0.2, 0) is 4.79 Å². The Kier molecular flexibility index (Phi) is 2.73. The summed E-state index contributed by atoms with van der Waals surface area (Å²) in [6, 6.07) is 3.13. The number of anilines is 1. The van der Waals surface area contributed by atoms with Crippen LogP contribution in [0.4, 0.5) is 5.00 Å². The maximum absolute atomic E-state index is 11.5. The van der Waals surface area contributed by atoms with Crippen LogP contribution in [0.15, 0.2) is 12.1 Å². The van der Waals surface area contributed by atoms with Crippen LogP contribution in [0.3, 0.4) is 0 Å². The molecule has 1 heterocycles. The summed E-state index contributed by atoms with van der Waals surface area (Å²) >= 11 is 1.09. The summed E-state index contributed by atoms with van der Waals surface area (Å²) in [5.74, 6) is -0.815. The summed E-state index contributed by atoms with van der Waals surface area (Å²) in [7, 11) is 0. The van der Waals surface area contributed by atoms with Gasteiger partial charge in [-0.2, -0.15) is 0 Å². The number of carbonyl (C=O) groups is 2. The summed E-state index contributed by atoms with van der Waals surface area (Å²) in [6.07, 6.45) is 3.01. The van der Waals surface area contributed by atoms with Gasteiger partial charge in [0.25, 0.3) is 0 Å². The molecule has 1 aromatic heterocycles. The van der Waals surface area contributed by atoms with E-state index < -0.39 is 5.97 Å². The first kappa shape index (κ1) is 10.2. The fourth-order valence-corrected chi connectivity index (χ4v) is 2.16. The van der Waals surface area contributed by atoms with E-state index in [4.69, 9.17) is 5.11 Å². The van der Waals surface area contributed by atoms with Crippen molar-refractivity contribution in [3.05, 3.63) is 17.0 Å². The predicted molar refractivity (Wildman–Crippen MR) is 57.2 cm³/mol. The smallest absolute Gasteiger partial charge is 0.345 e. The predicted octanol–water partition coefficient (Wildman–Crippen LogP) is 2.18. The molecule has 2 rings (SSSR count). The maximum atomic E-state index is 11.5. The fraction of sp³-hybridized carbons (Fsp3) is 0.400. The normalized spacial score (nSPS) is 15.7. The Morgan fingerprint density at radius 1 is 1.40 bits per heavy atom. The third-order valence-electron chi connectivity index (χ3n) is 2.54. The molecule has 0 aromatic carbocycles. The largest absolute Gasteiger partial charge is 0.477 e. The minimum Gasteiger partial charge on any atom is -0.477 e. The number of amides is 1. The van der Waals surface area contributed by atoms with Crippen molar-refractivity contribution in [3.63, 3.8) is 0 Å². The molecule has 0 saturated heterocycles. The molecular weight excluding hydrogens is 214 g/mol. The highest BCUT2D eigenvalue weighted by atomic mass is 32.1. The van der Waals surface area contributed by atoms with Gasteiger partial charge in [-0.25, -0.2) is 4.79 Å². The van der Waals surface area contributed by atoms with E-state index in [0.29, 0.717) is 5.00 Å². The lowest BCUT2D eigenvalue weighted by Gasteiger charge is -2.23. The van der Waals surface area contributed by atoms with Gasteiger partial charge in [-0.3, -0.25) is 4.79 Å². The molecule has 1 aliphatic rings. The van der Waals surface area contributed by atoms with E-state index in [9.17, 15) is 9.59 Å². The Balaban J connectivity index is 1.97. The first-order valence-corrected chi connectivity index (χ1v) is 5.62. The van der Waals surface area contributed by atoms with Crippen LogP contribution < -0.4 is 5.32 Å². The highest BCUT2D eigenvalue weighted by Gasteiger charge is 2.25. The minimum atomic E-state index is -0.954. The highest BCUT2D eigenvalue weighted by molar-refractivity contribution is 7.18. The number of aromatic carboxylic acids is 1. The standard InChI is InChI=1S/C10H11NO3S/c12-9(6-2-1-3-6)11-8-5-4-7(15-8)10(13)14/h4-6H,1-3H2,(H,11,12)(H,13,14). The lowest BCUT2D eigenvalue weighted by Crippen LogP contribution is -2.27. The third-order valence-corrected chi connectivity index (χ3v) is 3.53. The molecule has 1 saturated carbocycles. The lowest BCUT2D eigenvalue weighted by molar-refractivity contribution is -0.122. The van der Waals surface area contributed by atoms with Gasteiger partial charge >= 0.3 is 5.97 Å². The molecule has 5 heteroatoms. The van der Waals surface area contributed by atoms with Crippen molar-refractivity contribution < 1.29 is 14.7 Å². The molecule has 0 atom stereocenters. The van der Waals surface area contributed by atoms with Crippen molar-refractivity contribution in [2.75, 3.05) is 5.32 Å². The van der Waals surface area contributed by atoms with Crippen molar-refractivity contribution in [3.8, 4) is 0 Å². The van der Waals surface area contributed by atoms with E-state index in [2.05, 4.69) is 5.32 Å². The fourth-order valence-electron chi connectivity index (χ4n) is 1.41. The summed E-state index contributed by atoms with van der Waals surface area (Å²) < 4.78 is 0. The van der Waals surface area contributed by atoms with Crippen LogP contribution in [0.5, 0.6) is 0 Å². The van der Waals surface area contributed by atoms with Crippen LogP contribution in [0.1, 0.15) is 28.9 Å². The molecule has 0 radical (unpaired) electrons. The van der Waals surface area contributed by atoms with Gasteiger partial charge in [0.05, 0.1) is 5.00 Å². The molecule has 0 bridgehead atoms. The molecule has 0 unspecified atom stereocenters. The monoisotopic (exact) mass is 225 g/mol. The van der Waals surface area contributed by atoms with Crippen LogP contribution in [0, 0.1) is 5.92 Å². The summed E-state index contributed by atoms with van der Waals surface area (Å²) in [4.78, 5) is 22.4. The molecule has 1 fully saturated rings. The van der Waals surface area contributed by atoms with Gasteiger partial charge in [0.1, 0.15) is 4.88 Å². The Labute approximate surface area is 90.9 Å². The second-order valence-electron chi connectivity index (χ2n) is 3.59. The average Bonchev–Trinajstić information content (AvgIpc) is 2.48. The first-order valence-electron chi connectivity index (χ1n) is 4.81. The summed E-state index contributed by atoms with van der Waals surface area (Å²) in [5.41, 5.74) is 0. The minimum absolute atomic E-state index is 0.0139. The van der Waals surface area contributed by atoms with Gasteiger partial charge in [-0.05, 0) is 25.0 Å². The van der Waals surface area contributed by atoms with E-state index >= 15 is 0 Å². The van der Waals surface area contributed by atoms with Gasteiger partial charge < -0.3 is 10.4 Å². The SMILES string of the molecule is O=C(O)c1ccc(NC(=O)C2CCC2)s1. The number of hydrogen-bond acceptors (Lipinski definition) is 3. The van der Waals surface area contributed by atoms with Gasteiger partial charge in [0.15, 0.2) is 0 Å². The molecule has 1 aromatic rings. The molecule has 1 amide bonds. The summed E-state index contributed by atoms with van der Waals surface area (Å²) in [5, 5.41) is 12.0. The van der Waals surface area contributed by atoms with Crippen LogP contribution >= 0.6 is 11.3 Å². The third kappa shape index (κ3) is 2.18. The van der Waals surface area contributed by atoms with Crippen molar-refractivity contribution in [2.45, 2.75) is 19.3 Å². The van der Waals surface area contributed by atoms with Crippen LogP contribution in [0.25, 0.3) is 0 Å². The Hall–Kier alpha value is -1.36. The number of carboxylic acids is 1. The van der Waals surface area contributed by atoms with E-state index in [-0.39, 0.29) is 16.7 Å². The number of rotatable bonds is 3. The topological polar surface area (TPSA) is 66.4 Å². The van der Waals surface area contributed by atoms with Crippen molar-refractivity contribution >= 4 is 28.2 Å². The van der Waals surface area contributed by atoms with E-state index in [0.717, 1.165) is 30.6 Å².